The van der Waals surface area contributed by atoms with E-state index in [0.717, 1.165) is 5.56 Å². The number of aromatic amines is 1. The van der Waals surface area contributed by atoms with Crippen LogP contribution in [0.1, 0.15) is 27.3 Å². The summed E-state index contributed by atoms with van der Waals surface area (Å²) < 4.78 is 29.6. The number of aromatic nitrogens is 3. The summed E-state index contributed by atoms with van der Waals surface area (Å²) in [5.74, 6) is -1.61. The Hall–Kier alpha value is -3.40. The molecule has 32 heavy (non-hydrogen) atoms. The van der Waals surface area contributed by atoms with Crippen molar-refractivity contribution in [2.75, 3.05) is 38.1 Å². The molecule has 2 aromatic heterocycles. The summed E-state index contributed by atoms with van der Waals surface area (Å²) in [6, 6.07) is 4.81. The van der Waals surface area contributed by atoms with Crippen molar-refractivity contribution < 1.29 is 13.6 Å². The maximum atomic E-state index is 15.1. The number of rotatable bonds is 4. The van der Waals surface area contributed by atoms with E-state index < -0.39 is 23.2 Å². The third kappa shape index (κ3) is 4.05. The van der Waals surface area contributed by atoms with Gasteiger partial charge in [-0.1, -0.05) is 0 Å². The number of benzene rings is 1. The zero-order valence-corrected chi connectivity index (χ0v) is 18.1. The van der Waals surface area contributed by atoms with Crippen LogP contribution in [-0.4, -0.2) is 59.0 Å². The van der Waals surface area contributed by atoms with Gasteiger partial charge in [0.25, 0.3) is 11.5 Å². The zero-order valence-electron chi connectivity index (χ0n) is 18.1. The highest BCUT2D eigenvalue weighted by atomic mass is 19.1. The number of nitrogens with zero attached hydrogens (tertiary/aromatic N) is 4. The summed E-state index contributed by atoms with van der Waals surface area (Å²) in [5, 5.41) is 2.42. The molecule has 0 bridgehead atoms. The van der Waals surface area contributed by atoms with Gasteiger partial charge in [0, 0.05) is 45.3 Å². The van der Waals surface area contributed by atoms with Crippen molar-refractivity contribution in [3.63, 3.8) is 0 Å². The standard InChI is InChI=1S/C22H24F2N6O2/c1-12-10-14(17(23)19-18(12)26-13(2)21(31)28-19)11-29-6-8-30(9-7-29)16-5-4-15(22(32)25-3)27-20(16)24/h4-5,10H,6-9,11H2,1-3H3,(H,25,32)(H,28,31). The number of fused-ring (bicyclic) bond motifs is 1. The first-order chi connectivity index (χ1) is 15.3. The number of nitrogens with one attached hydrogen (secondary N) is 2. The number of aryl methyl sites for hydroxylation is 2. The number of piperazine rings is 1. The molecule has 0 spiro atoms. The molecule has 168 valence electrons. The van der Waals surface area contributed by atoms with Gasteiger partial charge >= 0.3 is 0 Å². The molecular formula is C22H24F2N6O2. The number of pyridine rings is 1. The molecule has 1 aliphatic heterocycles. The summed E-state index contributed by atoms with van der Waals surface area (Å²) in [7, 11) is 1.46. The Kier molecular flexibility index (Phi) is 5.88. The van der Waals surface area contributed by atoms with Crippen molar-refractivity contribution in [3.05, 3.63) is 62.8 Å². The molecule has 1 amide bonds. The summed E-state index contributed by atoms with van der Waals surface area (Å²) in [6.45, 7) is 6.04. The fourth-order valence-corrected chi connectivity index (χ4v) is 3.96. The largest absolute Gasteiger partial charge is 0.365 e. The Labute approximate surface area is 183 Å². The van der Waals surface area contributed by atoms with Crippen molar-refractivity contribution in [3.8, 4) is 0 Å². The van der Waals surface area contributed by atoms with Crippen LogP contribution in [0.2, 0.25) is 0 Å². The normalized spacial score (nSPS) is 14.7. The van der Waals surface area contributed by atoms with E-state index in [4.69, 9.17) is 0 Å². The Morgan fingerprint density at radius 3 is 2.53 bits per heavy atom. The van der Waals surface area contributed by atoms with Crippen molar-refractivity contribution in [2.45, 2.75) is 20.4 Å². The van der Waals surface area contributed by atoms with Gasteiger partial charge in [0.1, 0.15) is 16.9 Å². The Morgan fingerprint density at radius 1 is 1.16 bits per heavy atom. The molecule has 0 radical (unpaired) electrons. The number of H-pyrrole nitrogens is 1. The lowest BCUT2D eigenvalue weighted by atomic mass is 10.1. The lowest BCUT2D eigenvalue weighted by Crippen LogP contribution is -2.46. The molecule has 3 heterocycles. The van der Waals surface area contributed by atoms with Gasteiger partial charge in [-0.3, -0.25) is 14.5 Å². The number of amides is 1. The maximum Gasteiger partial charge on any atom is 0.269 e. The van der Waals surface area contributed by atoms with Crippen LogP contribution < -0.4 is 15.8 Å². The topological polar surface area (TPSA) is 94.2 Å². The van der Waals surface area contributed by atoms with Gasteiger partial charge in [0.15, 0.2) is 5.82 Å². The molecule has 8 nitrogen and oxygen atoms in total. The Morgan fingerprint density at radius 2 is 1.88 bits per heavy atom. The van der Waals surface area contributed by atoms with E-state index >= 15 is 4.39 Å². The molecule has 3 aromatic rings. The van der Waals surface area contributed by atoms with Crippen molar-refractivity contribution in [1.29, 1.82) is 0 Å². The second-order valence-corrected chi connectivity index (χ2v) is 7.89. The first-order valence-corrected chi connectivity index (χ1v) is 10.3. The van der Waals surface area contributed by atoms with Gasteiger partial charge in [-0.05, 0) is 37.6 Å². The van der Waals surface area contributed by atoms with E-state index in [1.165, 1.54) is 13.1 Å². The highest BCUT2D eigenvalue weighted by Gasteiger charge is 2.23. The molecule has 10 heteroatoms. The first-order valence-electron chi connectivity index (χ1n) is 10.3. The van der Waals surface area contributed by atoms with Crippen molar-refractivity contribution >= 4 is 22.6 Å². The number of hydrogen-bond donors (Lipinski definition) is 2. The predicted octanol–water partition coefficient (Wildman–Crippen LogP) is 1.89. The third-order valence-electron chi connectivity index (χ3n) is 5.74. The summed E-state index contributed by atoms with van der Waals surface area (Å²) >= 11 is 0. The van der Waals surface area contributed by atoms with Crippen LogP contribution in [0, 0.1) is 25.6 Å². The minimum atomic E-state index is -0.692. The maximum absolute atomic E-state index is 15.1. The molecule has 0 unspecified atom stereocenters. The van der Waals surface area contributed by atoms with Gasteiger partial charge in [-0.15, -0.1) is 0 Å². The first kappa shape index (κ1) is 21.8. The number of carbonyl (C=O) groups excluding carboxylic acids is 1. The van der Waals surface area contributed by atoms with E-state index in [1.807, 2.05) is 11.8 Å². The Balaban J connectivity index is 1.48. The van der Waals surface area contributed by atoms with Gasteiger partial charge in [-0.25, -0.2) is 14.4 Å². The monoisotopic (exact) mass is 442 g/mol. The van der Waals surface area contributed by atoms with Crippen LogP contribution in [0.5, 0.6) is 0 Å². The number of carbonyl (C=O) groups is 1. The SMILES string of the molecule is CNC(=O)c1ccc(N2CCN(Cc3cc(C)c4nc(C)c(=O)[nH]c4c3F)CC2)c(F)n1. The van der Waals surface area contributed by atoms with Crippen LogP contribution in [0.25, 0.3) is 11.0 Å². The molecule has 0 saturated carbocycles. The molecule has 0 atom stereocenters. The molecule has 1 saturated heterocycles. The van der Waals surface area contributed by atoms with Crippen LogP contribution in [0.4, 0.5) is 14.5 Å². The molecule has 2 N–H and O–H groups in total. The number of halogens is 2. The smallest absolute Gasteiger partial charge is 0.269 e. The average Bonchev–Trinajstić information content (AvgIpc) is 2.78. The van der Waals surface area contributed by atoms with Gasteiger partial charge in [0.05, 0.1) is 11.2 Å². The second-order valence-electron chi connectivity index (χ2n) is 7.89. The van der Waals surface area contributed by atoms with Crippen LogP contribution in [-0.2, 0) is 6.54 Å². The van der Waals surface area contributed by atoms with E-state index in [2.05, 4.69) is 25.2 Å². The average molecular weight is 442 g/mol. The molecule has 0 aliphatic carbocycles. The highest BCUT2D eigenvalue weighted by molar-refractivity contribution is 5.92. The van der Waals surface area contributed by atoms with Crippen molar-refractivity contribution in [2.24, 2.45) is 0 Å². The molecular weight excluding hydrogens is 418 g/mol. The minimum Gasteiger partial charge on any atom is -0.365 e. The van der Waals surface area contributed by atoms with E-state index in [-0.39, 0.29) is 11.2 Å². The fourth-order valence-electron chi connectivity index (χ4n) is 3.96. The quantitative estimate of drug-likeness (QED) is 0.600. The fraction of sp³-hybridized carbons (Fsp3) is 0.364. The summed E-state index contributed by atoms with van der Waals surface area (Å²) in [4.78, 5) is 38.0. The second kappa shape index (κ2) is 8.62. The predicted molar refractivity (Wildman–Crippen MR) is 117 cm³/mol. The van der Waals surface area contributed by atoms with Crippen molar-refractivity contribution in [1.82, 2.24) is 25.2 Å². The third-order valence-corrected chi connectivity index (χ3v) is 5.74. The van der Waals surface area contributed by atoms with Crippen LogP contribution in [0.15, 0.2) is 23.0 Å². The van der Waals surface area contributed by atoms with Crippen LogP contribution >= 0.6 is 0 Å². The van der Waals surface area contributed by atoms with E-state index in [1.54, 1.807) is 19.1 Å². The molecule has 1 aliphatic rings. The Bertz CT molecular complexity index is 1250. The lowest BCUT2D eigenvalue weighted by molar-refractivity contribution is 0.0957. The summed E-state index contributed by atoms with van der Waals surface area (Å²) in [6.07, 6.45) is 0. The lowest BCUT2D eigenvalue weighted by Gasteiger charge is -2.36. The van der Waals surface area contributed by atoms with E-state index in [9.17, 15) is 14.0 Å². The van der Waals surface area contributed by atoms with Gasteiger partial charge < -0.3 is 15.2 Å². The van der Waals surface area contributed by atoms with Gasteiger partial charge in [0.2, 0.25) is 5.95 Å². The van der Waals surface area contributed by atoms with Crippen LogP contribution in [0.3, 0.4) is 0 Å². The molecule has 4 rings (SSSR count). The molecule has 1 fully saturated rings. The zero-order chi connectivity index (χ0) is 23.0. The molecule has 1 aromatic carbocycles. The van der Waals surface area contributed by atoms with E-state index in [0.29, 0.717) is 55.2 Å². The number of hydrogen-bond acceptors (Lipinski definition) is 6. The number of anilines is 1. The summed E-state index contributed by atoms with van der Waals surface area (Å²) in [5.41, 5.74) is 2.11. The van der Waals surface area contributed by atoms with Gasteiger partial charge in [-0.2, -0.15) is 4.39 Å². The highest BCUT2D eigenvalue weighted by Crippen LogP contribution is 2.24. The minimum absolute atomic E-state index is 0.0252.